The first-order chi connectivity index (χ1) is 8.84. The lowest BCUT2D eigenvalue weighted by Gasteiger charge is -2.08. The van der Waals surface area contributed by atoms with Crippen molar-refractivity contribution in [3.8, 4) is 16.9 Å². The van der Waals surface area contributed by atoms with E-state index in [4.69, 9.17) is 11.6 Å². The van der Waals surface area contributed by atoms with Crippen molar-refractivity contribution in [3.63, 3.8) is 0 Å². The first-order valence-corrected chi connectivity index (χ1v) is 5.67. The average molecular weight is 258 g/mol. The Balaban J connectivity index is 2.22. The van der Waals surface area contributed by atoms with Crippen LogP contribution in [0.2, 0.25) is 5.02 Å². The summed E-state index contributed by atoms with van der Waals surface area (Å²) in [5, 5.41) is 11.8. The Kier molecular flexibility index (Phi) is 2.74. The van der Waals surface area contributed by atoms with E-state index in [1.54, 1.807) is 16.9 Å². The van der Waals surface area contributed by atoms with Gasteiger partial charge in [0.25, 0.3) is 0 Å². The molecule has 18 heavy (non-hydrogen) atoms. The molecule has 2 heterocycles. The van der Waals surface area contributed by atoms with Gasteiger partial charge in [0.15, 0.2) is 0 Å². The number of benzene rings is 1. The predicted molar refractivity (Wildman–Crippen MR) is 67.4 cm³/mol. The molecule has 0 aliphatic rings. The van der Waals surface area contributed by atoms with Gasteiger partial charge >= 0.3 is 0 Å². The summed E-state index contributed by atoms with van der Waals surface area (Å²) >= 11 is 6.04. The maximum absolute atomic E-state index is 6.04. The van der Waals surface area contributed by atoms with E-state index < -0.39 is 0 Å². The summed E-state index contributed by atoms with van der Waals surface area (Å²) in [7, 11) is 0. The summed E-state index contributed by atoms with van der Waals surface area (Å²) in [5.74, 6) is 0. The molecule has 0 aliphatic carbocycles. The normalized spacial score (nSPS) is 10.5. The van der Waals surface area contributed by atoms with Crippen LogP contribution in [-0.2, 0) is 0 Å². The van der Waals surface area contributed by atoms with Gasteiger partial charge in [-0.1, -0.05) is 17.7 Å². The Morgan fingerprint density at radius 3 is 2.78 bits per heavy atom. The van der Waals surface area contributed by atoms with Crippen LogP contribution >= 0.6 is 11.6 Å². The molecule has 0 saturated heterocycles. The average Bonchev–Trinajstić information content (AvgIpc) is 2.93. The Morgan fingerprint density at radius 2 is 2.06 bits per heavy atom. The molecule has 3 aromatic rings. The van der Waals surface area contributed by atoms with Crippen LogP contribution in [0.25, 0.3) is 16.9 Å². The van der Waals surface area contributed by atoms with Gasteiger partial charge in [0.2, 0.25) is 0 Å². The van der Waals surface area contributed by atoms with Gasteiger partial charge in [0.1, 0.15) is 6.33 Å². The number of tetrazole rings is 1. The van der Waals surface area contributed by atoms with Gasteiger partial charge < -0.3 is 0 Å². The van der Waals surface area contributed by atoms with E-state index in [9.17, 15) is 0 Å². The van der Waals surface area contributed by atoms with Gasteiger partial charge in [-0.25, -0.2) is 0 Å². The van der Waals surface area contributed by atoms with Crippen molar-refractivity contribution < 1.29 is 0 Å². The predicted octanol–water partition coefficient (Wildman–Crippen LogP) is 2.38. The van der Waals surface area contributed by atoms with Gasteiger partial charge in [0, 0.05) is 16.8 Å². The van der Waals surface area contributed by atoms with Gasteiger partial charge in [-0.05, 0) is 40.8 Å². The Bertz CT molecular complexity index is 651. The van der Waals surface area contributed by atoms with Gasteiger partial charge in [-0.15, -0.1) is 5.10 Å². The number of nitrogens with zero attached hydrogens (tertiary/aromatic N) is 5. The zero-order valence-corrected chi connectivity index (χ0v) is 9.99. The fourth-order valence-electron chi connectivity index (χ4n) is 1.71. The van der Waals surface area contributed by atoms with Gasteiger partial charge in [-0.2, -0.15) is 4.68 Å². The molecule has 88 valence electrons. The first-order valence-electron chi connectivity index (χ1n) is 5.29. The second-order valence-corrected chi connectivity index (χ2v) is 4.07. The first kappa shape index (κ1) is 10.9. The molecule has 5 nitrogen and oxygen atoms in total. The minimum atomic E-state index is 0.646. The molecule has 1 aromatic carbocycles. The molecule has 0 saturated carbocycles. The quantitative estimate of drug-likeness (QED) is 0.707. The van der Waals surface area contributed by atoms with Crippen molar-refractivity contribution in [2.45, 2.75) is 0 Å². The van der Waals surface area contributed by atoms with Crippen LogP contribution in [-0.4, -0.2) is 25.2 Å². The Morgan fingerprint density at radius 1 is 1.11 bits per heavy atom. The highest BCUT2D eigenvalue weighted by molar-refractivity contribution is 6.31. The molecular weight excluding hydrogens is 250 g/mol. The summed E-state index contributed by atoms with van der Waals surface area (Å²) in [5.41, 5.74) is 2.55. The molecule has 0 radical (unpaired) electrons. The lowest BCUT2D eigenvalue weighted by Crippen LogP contribution is -1.98. The van der Waals surface area contributed by atoms with Crippen molar-refractivity contribution in [2.24, 2.45) is 0 Å². The molecule has 6 heteroatoms. The van der Waals surface area contributed by atoms with E-state index >= 15 is 0 Å². The number of rotatable bonds is 2. The molecule has 2 aromatic heterocycles. The van der Waals surface area contributed by atoms with Crippen molar-refractivity contribution in [3.05, 3.63) is 53.9 Å². The topological polar surface area (TPSA) is 56.5 Å². The van der Waals surface area contributed by atoms with Crippen molar-refractivity contribution >= 4 is 11.6 Å². The highest BCUT2D eigenvalue weighted by Crippen LogP contribution is 2.27. The molecule has 0 amide bonds. The van der Waals surface area contributed by atoms with Crippen LogP contribution < -0.4 is 0 Å². The number of pyridine rings is 1. The van der Waals surface area contributed by atoms with E-state index in [2.05, 4.69) is 20.5 Å². The third-order valence-electron chi connectivity index (χ3n) is 2.50. The molecule has 3 rings (SSSR count). The molecule has 0 bridgehead atoms. The van der Waals surface area contributed by atoms with Crippen LogP contribution in [0.15, 0.2) is 48.9 Å². The highest BCUT2D eigenvalue weighted by atomic mass is 35.5. The van der Waals surface area contributed by atoms with Crippen molar-refractivity contribution in [1.82, 2.24) is 25.2 Å². The van der Waals surface area contributed by atoms with E-state index in [1.807, 2.05) is 30.3 Å². The van der Waals surface area contributed by atoms with Crippen LogP contribution in [0.5, 0.6) is 0 Å². The lowest BCUT2D eigenvalue weighted by atomic mass is 10.1. The minimum absolute atomic E-state index is 0.646. The number of aromatic nitrogens is 5. The smallest absolute Gasteiger partial charge is 0.143 e. The lowest BCUT2D eigenvalue weighted by molar-refractivity contribution is 0.790. The summed E-state index contributed by atoms with van der Waals surface area (Å²) in [6, 6.07) is 11.2. The second kappa shape index (κ2) is 4.54. The van der Waals surface area contributed by atoms with Crippen LogP contribution in [0.4, 0.5) is 0 Å². The number of hydrogen-bond acceptors (Lipinski definition) is 4. The van der Waals surface area contributed by atoms with E-state index in [-0.39, 0.29) is 0 Å². The summed E-state index contributed by atoms with van der Waals surface area (Å²) < 4.78 is 1.58. The zero-order valence-electron chi connectivity index (χ0n) is 9.23. The third kappa shape index (κ3) is 1.96. The minimum Gasteiger partial charge on any atom is -0.256 e. The molecule has 0 N–H and O–H groups in total. The fourth-order valence-corrected chi connectivity index (χ4v) is 1.88. The van der Waals surface area contributed by atoms with Crippen LogP contribution in [0.1, 0.15) is 0 Å². The summed E-state index contributed by atoms with van der Waals surface area (Å²) in [6.45, 7) is 0. The largest absolute Gasteiger partial charge is 0.256 e. The van der Waals surface area contributed by atoms with Crippen molar-refractivity contribution in [2.75, 3.05) is 0 Å². The SMILES string of the molecule is Clc1ccc(-n2cnnn2)c(-c2ccccn2)c1. The van der Waals surface area contributed by atoms with Crippen molar-refractivity contribution in [1.29, 1.82) is 0 Å². The summed E-state index contributed by atoms with van der Waals surface area (Å²) in [6.07, 6.45) is 3.27. The van der Waals surface area contributed by atoms with E-state index in [0.717, 1.165) is 16.9 Å². The molecular formula is C12H8ClN5. The standard InChI is InChI=1S/C12H8ClN5/c13-9-4-5-12(18-8-15-16-17-18)10(7-9)11-3-1-2-6-14-11/h1-8H. The number of hydrogen-bond donors (Lipinski definition) is 0. The molecule has 0 unspecified atom stereocenters. The number of halogens is 1. The third-order valence-corrected chi connectivity index (χ3v) is 2.73. The molecule has 0 spiro atoms. The monoisotopic (exact) mass is 257 g/mol. The van der Waals surface area contributed by atoms with Crippen LogP contribution in [0.3, 0.4) is 0 Å². The molecule has 0 fully saturated rings. The van der Waals surface area contributed by atoms with Gasteiger partial charge in [0.05, 0.1) is 11.4 Å². The summed E-state index contributed by atoms with van der Waals surface area (Å²) in [4.78, 5) is 4.32. The maximum Gasteiger partial charge on any atom is 0.143 e. The van der Waals surface area contributed by atoms with E-state index in [1.165, 1.54) is 6.33 Å². The Hall–Kier alpha value is -2.27. The molecule has 0 aliphatic heterocycles. The van der Waals surface area contributed by atoms with E-state index in [0.29, 0.717) is 5.02 Å². The van der Waals surface area contributed by atoms with Gasteiger partial charge in [-0.3, -0.25) is 4.98 Å². The molecule has 0 atom stereocenters. The van der Waals surface area contributed by atoms with Crippen LogP contribution in [0, 0.1) is 0 Å². The highest BCUT2D eigenvalue weighted by Gasteiger charge is 2.09. The zero-order chi connectivity index (χ0) is 12.4. The second-order valence-electron chi connectivity index (χ2n) is 3.63. The fraction of sp³-hybridized carbons (Fsp3) is 0. The maximum atomic E-state index is 6.04. The Labute approximate surface area is 108 Å².